The molecule has 5 atom stereocenters. The molecule has 0 bridgehead atoms. The Morgan fingerprint density at radius 3 is 2.50 bits per heavy atom. The highest BCUT2D eigenvalue weighted by molar-refractivity contribution is 6.74. The van der Waals surface area contributed by atoms with E-state index in [2.05, 4.69) is 52.9 Å². The molecule has 2 aromatic rings. The molecule has 2 aliphatic rings. The summed E-state index contributed by atoms with van der Waals surface area (Å²) in [5.74, 6) is 1.96. The fourth-order valence-electron chi connectivity index (χ4n) is 6.68. The normalized spacial score (nSPS) is 22.7. The molecule has 6 heteroatoms. The van der Waals surface area contributed by atoms with E-state index in [1.54, 1.807) is 0 Å². The zero-order valence-electron chi connectivity index (χ0n) is 26.9. The van der Waals surface area contributed by atoms with E-state index in [4.69, 9.17) is 13.9 Å². The van der Waals surface area contributed by atoms with Crippen LogP contribution in [0.2, 0.25) is 18.1 Å². The van der Waals surface area contributed by atoms with E-state index >= 15 is 0 Å². The molecule has 0 heterocycles. The van der Waals surface area contributed by atoms with Crippen LogP contribution < -0.4 is 4.74 Å². The van der Waals surface area contributed by atoms with Gasteiger partial charge < -0.3 is 19.0 Å². The Morgan fingerprint density at radius 2 is 1.79 bits per heavy atom. The molecule has 1 saturated carbocycles. The van der Waals surface area contributed by atoms with Gasteiger partial charge in [0.2, 0.25) is 0 Å². The van der Waals surface area contributed by atoms with Gasteiger partial charge in [-0.25, -0.2) is 4.79 Å². The summed E-state index contributed by atoms with van der Waals surface area (Å²) in [6, 6.07) is 16.0. The topological polar surface area (TPSA) is 65.0 Å². The van der Waals surface area contributed by atoms with Crippen LogP contribution in [0.25, 0.3) is 0 Å². The number of aliphatic hydroxyl groups excluding tert-OH is 1. The number of unbranched alkanes of at least 4 members (excludes halogenated alkanes) is 2. The Morgan fingerprint density at radius 1 is 1.02 bits per heavy atom. The van der Waals surface area contributed by atoms with Crippen LogP contribution in [0.4, 0.5) is 0 Å². The van der Waals surface area contributed by atoms with Crippen molar-refractivity contribution in [1.82, 2.24) is 0 Å². The van der Waals surface area contributed by atoms with Crippen molar-refractivity contribution in [3.8, 4) is 5.75 Å². The lowest BCUT2D eigenvalue weighted by Crippen LogP contribution is -2.45. The Bertz CT molecular complexity index is 1140. The Hall–Kier alpha value is -2.15. The van der Waals surface area contributed by atoms with E-state index in [1.807, 2.05) is 36.4 Å². The van der Waals surface area contributed by atoms with Gasteiger partial charge in [0.05, 0.1) is 6.10 Å². The first-order chi connectivity index (χ1) is 20.0. The van der Waals surface area contributed by atoms with Crippen molar-refractivity contribution in [2.45, 2.75) is 122 Å². The van der Waals surface area contributed by atoms with Gasteiger partial charge in [-0.3, -0.25) is 0 Å². The summed E-state index contributed by atoms with van der Waals surface area (Å²) in [6.07, 6.45) is 9.27. The largest absolute Gasteiger partial charge is 0.482 e. The van der Waals surface area contributed by atoms with Crippen LogP contribution in [0.1, 0.15) is 89.3 Å². The smallest absolute Gasteiger partial charge is 0.344 e. The second kappa shape index (κ2) is 14.5. The van der Waals surface area contributed by atoms with Crippen LogP contribution in [-0.4, -0.2) is 38.2 Å². The van der Waals surface area contributed by atoms with Crippen LogP contribution in [-0.2, 0) is 33.4 Å². The first-order valence-electron chi connectivity index (χ1n) is 16.3. The second-order valence-electron chi connectivity index (χ2n) is 14.2. The zero-order chi connectivity index (χ0) is 30.3. The summed E-state index contributed by atoms with van der Waals surface area (Å²) >= 11 is 0. The fraction of sp³-hybridized carbons (Fsp3) is 0.639. The predicted octanol–water partition coefficient (Wildman–Crippen LogP) is 8.27. The summed E-state index contributed by atoms with van der Waals surface area (Å²) in [4.78, 5) is 12.5. The first-order valence-corrected chi connectivity index (χ1v) is 19.2. The lowest BCUT2D eigenvalue weighted by atomic mass is 9.73. The SMILES string of the molecule is CCCCC[C@H](O)CCC1[C@@H](O[Si](C)(C)C(C)(C)C)C[C@@H]2Cc3c(cccc3OCC(=O)OCc3ccccc3)C[C@H]12. The molecular formula is C36H54O5Si. The maximum Gasteiger partial charge on any atom is 0.344 e. The van der Waals surface area contributed by atoms with Gasteiger partial charge in [-0.1, -0.05) is 89.4 Å². The van der Waals surface area contributed by atoms with Crippen LogP contribution in [0, 0.1) is 17.8 Å². The summed E-state index contributed by atoms with van der Waals surface area (Å²) in [7, 11) is -1.95. The van der Waals surface area contributed by atoms with E-state index in [0.29, 0.717) is 17.8 Å². The van der Waals surface area contributed by atoms with Crippen molar-refractivity contribution < 1.29 is 23.8 Å². The number of fused-ring (bicyclic) bond motifs is 2. The monoisotopic (exact) mass is 594 g/mol. The van der Waals surface area contributed by atoms with E-state index in [9.17, 15) is 9.90 Å². The quantitative estimate of drug-likeness (QED) is 0.135. The van der Waals surface area contributed by atoms with Gasteiger partial charge in [0, 0.05) is 6.10 Å². The third kappa shape index (κ3) is 8.48. The molecule has 1 unspecified atom stereocenters. The Labute approximate surface area is 255 Å². The van der Waals surface area contributed by atoms with Crippen molar-refractivity contribution in [2.24, 2.45) is 17.8 Å². The van der Waals surface area contributed by atoms with Crippen molar-refractivity contribution in [3.05, 3.63) is 65.2 Å². The zero-order valence-corrected chi connectivity index (χ0v) is 27.9. The molecule has 0 spiro atoms. The van der Waals surface area contributed by atoms with Crippen molar-refractivity contribution in [3.63, 3.8) is 0 Å². The molecule has 0 radical (unpaired) electrons. The fourth-order valence-corrected chi connectivity index (χ4v) is 8.06. The van der Waals surface area contributed by atoms with Gasteiger partial charge in [-0.05, 0) is 97.2 Å². The van der Waals surface area contributed by atoms with Gasteiger partial charge in [0.15, 0.2) is 14.9 Å². The molecule has 0 amide bonds. The third-order valence-electron chi connectivity index (χ3n) is 10.1. The minimum Gasteiger partial charge on any atom is -0.482 e. The summed E-state index contributed by atoms with van der Waals surface area (Å²) in [6.45, 7) is 14.1. The van der Waals surface area contributed by atoms with E-state index < -0.39 is 8.32 Å². The van der Waals surface area contributed by atoms with E-state index in [-0.39, 0.29) is 36.4 Å². The summed E-state index contributed by atoms with van der Waals surface area (Å²) in [5, 5.41) is 11.0. The summed E-state index contributed by atoms with van der Waals surface area (Å²) in [5.41, 5.74) is 3.53. The van der Waals surface area contributed by atoms with Gasteiger partial charge in [-0.2, -0.15) is 0 Å². The molecule has 4 rings (SSSR count). The highest BCUT2D eigenvalue weighted by atomic mass is 28.4. The molecule has 0 aromatic heterocycles. The Kier molecular flexibility index (Phi) is 11.3. The van der Waals surface area contributed by atoms with Crippen LogP contribution in [0.15, 0.2) is 48.5 Å². The van der Waals surface area contributed by atoms with Crippen LogP contribution in [0.5, 0.6) is 5.75 Å². The standard InChI is InChI=1S/C36H54O5Si/c1-7-8-10-17-29(37)19-20-30-31-21-27-16-13-18-33(39-25-35(38)40-24-26-14-11-9-12-15-26)32(27)22-28(31)23-34(30)41-42(5,6)36(2,3)4/h9,11-16,18,28-31,34,37H,7-8,10,17,19-25H2,1-6H3/t28-,29-,30?,31-,34-/m0/s1. The molecule has 5 nitrogen and oxygen atoms in total. The van der Waals surface area contributed by atoms with E-state index in [0.717, 1.165) is 56.3 Å². The maximum absolute atomic E-state index is 12.5. The number of ether oxygens (including phenoxy) is 2. The van der Waals surface area contributed by atoms with Crippen molar-refractivity contribution in [1.29, 1.82) is 0 Å². The molecule has 42 heavy (non-hydrogen) atoms. The highest BCUT2D eigenvalue weighted by Crippen LogP contribution is 2.51. The van der Waals surface area contributed by atoms with Crippen molar-refractivity contribution in [2.75, 3.05) is 6.61 Å². The number of aliphatic hydroxyl groups is 1. The van der Waals surface area contributed by atoms with Crippen LogP contribution in [0.3, 0.4) is 0 Å². The molecule has 1 fully saturated rings. The number of hydrogen-bond donors (Lipinski definition) is 1. The number of hydrogen-bond acceptors (Lipinski definition) is 5. The van der Waals surface area contributed by atoms with Gasteiger partial charge in [0.25, 0.3) is 0 Å². The molecule has 0 aliphatic heterocycles. The van der Waals surface area contributed by atoms with Gasteiger partial charge >= 0.3 is 5.97 Å². The number of rotatable bonds is 14. The molecule has 2 aliphatic carbocycles. The molecule has 232 valence electrons. The minimum atomic E-state index is -1.95. The first kappa shape index (κ1) is 32.8. The summed E-state index contributed by atoms with van der Waals surface area (Å²) < 4.78 is 18.7. The highest BCUT2D eigenvalue weighted by Gasteiger charge is 2.49. The lowest BCUT2D eigenvalue weighted by molar-refractivity contribution is -0.147. The van der Waals surface area contributed by atoms with Crippen molar-refractivity contribution >= 4 is 14.3 Å². The maximum atomic E-state index is 12.5. The second-order valence-corrected chi connectivity index (χ2v) is 19.0. The molecule has 1 N–H and O–H groups in total. The molecule has 0 saturated heterocycles. The Balaban J connectivity index is 1.44. The number of esters is 1. The number of carbonyl (C=O) groups excluding carboxylic acids is 1. The average Bonchev–Trinajstić information content (AvgIpc) is 3.27. The van der Waals surface area contributed by atoms with Gasteiger partial charge in [-0.15, -0.1) is 0 Å². The predicted molar refractivity (Wildman–Crippen MR) is 172 cm³/mol. The van der Waals surface area contributed by atoms with Crippen LogP contribution >= 0.6 is 0 Å². The minimum absolute atomic E-state index is 0.0902. The average molecular weight is 595 g/mol. The van der Waals surface area contributed by atoms with E-state index in [1.165, 1.54) is 24.0 Å². The third-order valence-corrected chi connectivity index (χ3v) is 14.6. The lowest BCUT2D eigenvalue weighted by Gasteiger charge is -2.40. The number of carbonyl (C=O) groups is 1. The molecular weight excluding hydrogens is 540 g/mol. The van der Waals surface area contributed by atoms with Gasteiger partial charge in [0.1, 0.15) is 12.4 Å². The number of benzene rings is 2. The molecule has 2 aromatic carbocycles.